The minimum absolute atomic E-state index is 0. The topological polar surface area (TPSA) is 96.2 Å². The molecule has 0 amide bonds. The third-order valence-corrected chi connectivity index (χ3v) is 7.87. The molecule has 6 rings (SSSR count). The summed E-state index contributed by atoms with van der Waals surface area (Å²) < 4.78 is 1.73. The first-order chi connectivity index (χ1) is 18.2. The number of nitrogens with one attached hydrogen (secondary N) is 1. The zero-order chi connectivity index (χ0) is 27.0. The lowest BCUT2D eigenvalue weighted by Crippen LogP contribution is -2.71. The summed E-state index contributed by atoms with van der Waals surface area (Å²) in [5.41, 5.74) is 2.82. The molecule has 0 atom stereocenters. The molecule has 2 aliphatic heterocycles. The summed E-state index contributed by atoms with van der Waals surface area (Å²) in [5, 5.41) is 3.94. The molecule has 1 aliphatic carbocycles. The van der Waals surface area contributed by atoms with Gasteiger partial charge in [-0.15, -0.1) is 0 Å². The molecule has 0 unspecified atom stereocenters. The Hall–Kier alpha value is -3.33. The number of aryl methyl sites for hydroxylation is 1. The Morgan fingerprint density at radius 2 is 1.79 bits per heavy atom. The van der Waals surface area contributed by atoms with Crippen molar-refractivity contribution in [2.24, 2.45) is 5.41 Å². The smallest absolute Gasteiger partial charge is 0.263 e. The van der Waals surface area contributed by atoms with Crippen LogP contribution in [0.5, 0.6) is 0 Å². The molecule has 3 fully saturated rings. The van der Waals surface area contributed by atoms with Crippen molar-refractivity contribution in [3.05, 3.63) is 46.0 Å². The van der Waals surface area contributed by atoms with Crippen molar-refractivity contribution in [2.45, 2.75) is 65.8 Å². The van der Waals surface area contributed by atoms with Crippen LogP contribution in [0.15, 0.2) is 29.3 Å². The third kappa shape index (κ3) is 4.79. The summed E-state index contributed by atoms with van der Waals surface area (Å²) in [6.07, 6.45) is 8.82. The van der Waals surface area contributed by atoms with Crippen LogP contribution in [0.3, 0.4) is 0 Å². The summed E-state index contributed by atoms with van der Waals surface area (Å²) >= 11 is 0. The summed E-state index contributed by atoms with van der Waals surface area (Å²) in [5.74, 6) is 0.822. The first kappa shape index (κ1) is 26.3. The standard InChI is InChI=1S/C26H31N7O2.C3H8.H2/c1-16-20-11-28-25(30-23(20)33(18-6-4-5-7-18)24(35)22(16)17(2)34)29-21-9-8-19(10-27-21)32-14-26(15-32)12-31(3)13-26;1-3-2;/h8-11,18H,4-7,12-15H2,1-3H3,(H,27,28,29,30);3H2,1-2H3;1H. The van der Waals surface area contributed by atoms with E-state index < -0.39 is 0 Å². The van der Waals surface area contributed by atoms with E-state index in [0.717, 1.165) is 49.8 Å². The molecule has 38 heavy (non-hydrogen) atoms. The number of ketones is 1. The molecule has 9 nitrogen and oxygen atoms in total. The van der Waals surface area contributed by atoms with Crippen LogP contribution in [0.25, 0.3) is 11.0 Å². The monoisotopic (exact) mass is 519 g/mol. The lowest BCUT2D eigenvalue weighted by Gasteiger charge is -2.60. The van der Waals surface area contributed by atoms with Crippen molar-refractivity contribution in [1.29, 1.82) is 0 Å². The average molecular weight is 520 g/mol. The van der Waals surface area contributed by atoms with E-state index in [2.05, 4.69) is 52.0 Å². The van der Waals surface area contributed by atoms with Gasteiger partial charge in [-0.2, -0.15) is 4.98 Å². The van der Waals surface area contributed by atoms with Gasteiger partial charge in [0.05, 0.1) is 17.4 Å². The molecule has 5 heterocycles. The Morgan fingerprint density at radius 3 is 2.37 bits per heavy atom. The number of likely N-dealkylation sites (tertiary alicyclic amines) is 1. The maximum Gasteiger partial charge on any atom is 0.263 e. The average Bonchev–Trinajstić information content (AvgIpc) is 3.36. The molecule has 204 valence electrons. The highest BCUT2D eigenvalue weighted by Gasteiger charge is 2.50. The maximum absolute atomic E-state index is 13.4. The lowest BCUT2D eigenvalue weighted by atomic mass is 9.73. The molecular weight excluding hydrogens is 478 g/mol. The number of carbonyl (C=O) groups excluding carboxylic acids is 1. The molecule has 0 aromatic carbocycles. The molecule has 2 saturated heterocycles. The van der Waals surface area contributed by atoms with Gasteiger partial charge in [0.15, 0.2) is 5.78 Å². The molecule has 0 radical (unpaired) electrons. The van der Waals surface area contributed by atoms with Crippen molar-refractivity contribution in [1.82, 2.24) is 24.4 Å². The first-order valence-electron chi connectivity index (χ1n) is 13.8. The Kier molecular flexibility index (Phi) is 7.22. The van der Waals surface area contributed by atoms with Crippen LogP contribution in [0, 0.1) is 12.3 Å². The zero-order valence-electron chi connectivity index (χ0n) is 23.3. The Labute approximate surface area is 225 Å². The predicted octanol–water partition coefficient (Wildman–Crippen LogP) is 4.97. The Bertz CT molecular complexity index is 1390. The van der Waals surface area contributed by atoms with E-state index in [-0.39, 0.29) is 24.4 Å². The first-order valence-corrected chi connectivity index (χ1v) is 13.8. The van der Waals surface area contributed by atoms with E-state index in [4.69, 9.17) is 4.98 Å². The van der Waals surface area contributed by atoms with Gasteiger partial charge in [0.1, 0.15) is 11.5 Å². The highest BCUT2D eigenvalue weighted by atomic mass is 16.1. The molecule has 1 spiro atoms. The van der Waals surface area contributed by atoms with E-state index in [0.29, 0.717) is 28.4 Å². The minimum Gasteiger partial charge on any atom is -0.369 e. The third-order valence-electron chi connectivity index (χ3n) is 7.87. The maximum atomic E-state index is 13.4. The molecule has 9 heteroatoms. The van der Waals surface area contributed by atoms with Crippen LogP contribution in [0.2, 0.25) is 0 Å². The van der Waals surface area contributed by atoms with Gasteiger partial charge in [-0.25, -0.2) is 9.97 Å². The number of pyridine rings is 2. The van der Waals surface area contributed by atoms with Gasteiger partial charge in [0.2, 0.25) is 5.95 Å². The van der Waals surface area contributed by atoms with Crippen molar-refractivity contribution in [2.75, 3.05) is 43.4 Å². The summed E-state index contributed by atoms with van der Waals surface area (Å²) in [7, 11) is 2.17. The van der Waals surface area contributed by atoms with Gasteiger partial charge in [-0.3, -0.25) is 14.2 Å². The number of rotatable bonds is 5. The summed E-state index contributed by atoms with van der Waals surface area (Å²) in [6.45, 7) is 12.0. The number of nitrogens with zero attached hydrogens (tertiary/aromatic N) is 6. The number of aromatic nitrogens is 4. The minimum atomic E-state index is -0.244. The van der Waals surface area contributed by atoms with Crippen molar-refractivity contribution in [3.63, 3.8) is 0 Å². The molecule has 0 bridgehead atoms. The highest BCUT2D eigenvalue weighted by molar-refractivity contribution is 5.99. The van der Waals surface area contributed by atoms with E-state index >= 15 is 0 Å². The molecule has 1 N–H and O–H groups in total. The fourth-order valence-corrected chi connectivity index (χ4v) is 6.32. The zero-order valence-corrected chi connectivity index (χ0v) is 23.3. The van der Waals surface area contributed by atoms with Crippen LogP contribution in [0.4, 0.5) is 17.5 Å². The molecule has 3 aliphatic rings. The number of hydrogen-bond donors (Lipinski definition) is 1. The number of hydrogen-bond acceptors (Lipinski definition) is 8. The number of Topliss-reactive ketones (excluding diaryl/α,β-unsaturated/α-hetero) is 1. The van der Waals surface area contributed by atoms with Crippen LogP contribution < -0.4 is 15.8 Å². The fourth-order valence-electron chi connectivity index (χ4n) is 6.32. The second kappa shape index (κ2) is 10.4. The fraction of sp³-hybridized carbons (Fsp3) is 0.552. The SMILES string of the molecule is CC(=O)c1c(C)c2cnc(Nc3ccc(N4CC5(CN(C)C5)C4)cn3)nc2n(C2CCCC2)c1=O.CCC.[HH]. The van der Waals surface area contributed by atoms with Crippen molar-refractivity contribution in [3.8, 4) is 0 Å². The van der Waals surface area contributed by atoms with Gasteiger partial charge in [0.25, 0.3) is 5.56 Å². The molecule has 3 aromatic rings. The van der Waals surface area contributed by atoms with Gasteiger partial charge in [-0.05, 0) is 51.4 Å². The second-order valence-corrected chi connectivity index (χ2v) is 11.4. The van der Waals surface area contributed by atoms with Crippen LogP contribution in [-0.2, 0) is 0 Å². The summed E-state index contributed by atoms with van der Waals surface area (Å²) in [4.78, 5) is 44.2. The Morgan fingerprint density at radius 1 is 1.11 bits per heavy atom. The van der Waals surface area contributed by atoms with Crippen LogP contribution >= 0.6 is 0 Å². The van der Waals surface area contributed by atoms with Gasteiger partial charge < -0.3 is 15.1 Å². The van der Waals surface area contributed by atoms with Gasteiger partial charge >= 0.3 is 0 Å². The number of carbonyl (C=O) groups is 1. The number of fused-ring (bicyclic) bond motifs is 1. The quantitative estimate of drug-likeness (QED) is 0.472. The highest BCUT2D eigenvalue weighted by Crippen LogP contribution is 2.41. The molecular formula is C29H41N7O2. The molecule has 1 saturated carbocycles. The Balaban J connectivity index is 0.000000845. The lowest BCUT2D eigenvalue weighted by molar-refractivity contribution is -0.00241. The largest absolute Gasteiger partial charge is 0.369 e. The molecule has 3 aromatic heterocycles. The second-order valence-electron chi connectivity index (χ2n) is 11.4. The van der Waals surface area contributed by atoms with Crippen molar-refractivity contribution >= 4 is 34.3 Å². The van der Waals surface area contributed by atoms with Crippen LogP contribution in [-0.4, -0.2) is 63.4 Å². The van der Waals surface area contributed by atoms with E-state index in [1.807, 2.05) is 12.3 Å². The normalized spacial score (nSPS) is 18.6. The summed E-state index contributed by atoms with van der Waals surface area (Å²) in [6, 6.07) is 4.07. The van der Waals surface area contributed by atoms with Crippen LogP contribution in [0.1, 0.15) is 76.3 Å². The van der Waals surface area contributed by atoms with E-state index in [1.165, 1.54) is 26.4 Å². The number of anilines is 3. The van der Waals surface area contributed by atoms with Gasteiger partial charge in [0, 0.05) is 50.6 Å². The van der Waals surface area contributed by atoms with E-state index in [9.17, 15) is 9.59 Å². The van der Waals surface area contributed by atoms with Gasteiger partial charge in [-0.1, -0.05) is 33.1 Å². The van der Waals surface area contributed by atoms with Crippen molar-refractivity contribution < 1.29 is 6.22 Å². The predicted molar refractivity (Wildman–Crippen MR) is 154 cm³/mol. The van der Waals surface area contributed by atoms with E-state index in [1.54, 1.807) is 17.7 Å².